The molecule has 0 radical (unpaired) electrons. The Morgan fingerprint density at radius 3 is 2.62 bits per heavy atom. The topological polar surface area (TPSA) is 52.6 Å². The zero-order valence-electron chi connectivity index (χ0n) is 17.3. The molecule has 2 fully saturated rings. The lowest BCUT2D eigenvalue weighted by molar-refractivity contribution is -0.141. The first-order chi connectivity index (χ1) is 12.0. The lowest BCUT2D eigenvalue weighted by Crippen LogP contribution is -2.45. The molecule has 0 N–H and O–H groups in total. The molecular weight excluding hydrogens is 344 g/mol. The van der Waals surface area contributed by atoms with E-state index < -0.39 is 8.32 Å². The van der Waals surface area contributed by atoms with Crippen LogP contribution in [0.1, 0.15) is 66.2 Å². The summed E-state index contributed by atoms with van der Waals surface area (Å²) in [5.74, 6) is 0.310. The van der Waals surface area contributed by atoms with Gasteiger partial charge >= 0.3 is 5.97 Å². The van der Waals surface area contributed by atoms with Gasteiger partial charge in [-0.25, -0.2) is 0 Å². The minimum Gasteiger partial charge on any atom is -0.462 e. The fourth-order valence-corrected chi connectivity index (χ4v) is 5.06. The van der Waals surface area contributed by atoms with Gasteiger partial charge in [0.2, 0.25) is 0 Å². The second-order valence-electron chi connectivity index (χ2n) is 9.41. The van der Waals surface area contributed by atoms with Crippen LogP contribution in [-0.2, 0) is 18.8 Å². The Hall–Kier alpha value is -0.943. The number of ketones is 1. The number of unbranched alkanes of at least 4 members (excludes halogenated alkanes) is 2. The Labute approximate surface area is 159 Å². The molecule has 26 heavy (non-hydrogen) atoms. The molecule has 148 valence electrons. The van der Waals surface area contributed by atoms with Gasteiger partial charge in [-0.1, -0.05) is 46.6 Å². The molecule has 2 aliphatic rings. The third-order valence-electron chi connectivity index (χ3n) is 6.33. The predicted octanol–water partition coefficient (Wildman–Crippen LogP) is 5.03. The van der Waals surface area contributed by atoms with Gasteiger partial charge in [-0.15, -0.1) is 0 Å². The number of allylic oxidation sites excluding steroid dienone is 1. The van der Waals surface area contributed by atoms with Gasteiger partial charge in [0.15, 0.2) is 14.1 Å². The molecule has 0 unspecified atom stereocenters. The van der Waals surface area contributed by atoms with Gasteiger partial charge in [-0.3, -0.25) is 9.59 Å². The molecular formula is C21H36O4Si. The van der Waals surface area contributed by atoms with E-state index in [-0.39, 0.29) is 40.8 Å². The highest BCUT2D eigenvalue weighted by Crippen LogP contribution is 2.47. The van der Waals surface area contributed by atoms with Crippen LogP contribution in [0.25, 0.3) is 0 Å². The summed E-state index contributed by atoms with van der Waals surface area (Å²) in [7, 11) is -1.92. The normalized spacial score (nSPS) is 29.2. The molecule has 5 heteroatoms. The minimum absolute atomic E-state index is 0.0404. The molecule has 4 atom stereocenters. The summed E-state index contributed by atoms with van der Waals surface area (Å²) in [4.78, 5) is 23.9. The van der Waals surface area contributed by atoms with Crippen molar-refractivity contribution in [3.8, 4) is 0 Å². The third-order valence-corrected chi connectivity index (χ3v) is 10.8. The molecule has 0 spiro atoms. The van der Waals surface area contributed by atoms with Gasteiger partial charge < -0.3 is 9.16 Å². The highest BCUT2D eigenvalue weighted by atomic mass is 28.4. The number of esters is 1. The largest absolute Gasteiger partial charge is 0.462 e. The van der Waals surface area contributed by atoms with Gasteiger partial charge in [-0.05, 0) is 30.6 Å². The van der Waals surface area contributed by atoms with Gasteiger partial charge in [0.1, 0.15) is 6.10 Å². The van der Waals surface area contributed by atoms with Crippen LogP contribution in [0.5, 0.6) is 0 Å². The molecule has 1 aliphatic carbocycles. The standard InChI is InChI=1S/C21H36O4Si/c1-7-8-9-10-15(22)11-12-16-17-13-20(23)24-18(17)14-19(16)25-26(5,6)21(2,3)4/h11-12,16-19H,7-10,13-14H2,1-6H3/b12-11-/t16-,17+,18-,19+/m0/s1. The van der Waals surface area contributed by atoms with Crippen LogP contribution >= 0.6 is 0 Å². The van der Waals surface area contributed by atoms with Crippen LogP contribution in [-0.4, -0.2) is 32.3 Å². The zero-order chi connectivity index (χ0) is 19.5. The Kier molecular flexibility index (Phi) is 6.89. The highest BCUT2D eigenvalue weighted by molar-refractivity contribution is 6.74. The van der Waals surface area contributed by atoms with E-state index in [4.69, 9.17) is 9.16 Å². The quantitative estimate of drug-likeness (QED) is 0.256. The summed E-state index contributed by atoms with van der Waals surface area (Å²) < 4.78 is 12.2. The number of hydrogen-bond acceptors (Lipinski definition) is 4. The van der Waals surface area contributed by atoms with E-state index in [1.807, 2.05) is 6.08 Å². The minimum atomic E-state index is -1.92. The molecule has 1 aliphatic heterocycles. The fraction of sp³-hybridized carbons (Fsp3) is 0.810. The SMILES string of the molecule is CCCCCC(=O)/C=C\[C@H]1[C@H]2CC(=O)O[C@H]2C[C@H]1O[Si](C)(C)C(C)(C)C. The maximum absolute atomic E-state index is 12.2. The second-order valence-corrected chi connectivity index (χ2v) is 14.2. The molecule has 0 aromatic carbocycles. The van der Waals surface area contributed by atoms with E-state index in [1.54, 1.807) is 6.08 Å². The highest BCUT2D eigenvalue weighted by Gasteiger charge is 2.52. The van der Waals surface area contributed by atoms with Crippen molar-refractivity contribution in [2.75, 3.05) is 0 Å². The van der Waals surface area contributed by atoms with Crippen molar-refractivity contribution in [3.63, 3.8) is 0 Å². The van der Waals surface area contributed by atoms with Gasteiger partial charge in [0, 0.05) is 24.7 Å². The first-order valence-corrected chi connectivity index (χ1v) is 13.0. The molecule has 0 aromatic rings. The summed E-state index contributed by atoms with van der Waals surface area (Å²) in [6.07, 6.45) is 8.69. The van der Waals surface area contributed by atoms with Gasteiger partial charge in [-0.2, -0.15) is 0 Å². The average molecular weight is 381 g/mol. The Bertz CT molecular complexity index is 547. The summed E-state index contributed by atoms with van der Waals surface area (Å²) >= 11 is 0. The van der Waals surface area contributed by atoms with Crippen LogP contribution in [0.4, 0.5) is 0 Å². The fourth-order valence-electron chi connectivity index (χ4n) is 3.70. The molecule has 1 saturated heterocycles. The van der Waals surface area contributed by atoms with E-state index in [1.165, 1.54) is 0 Å². The molecule has 0 amide bonds. The van der Waals surface area contributed by atoms with Crippen LogP contribution < -0.4 is 0 Å². The molecule has 0 aromatic heterocycles. The predicted molar refractivity (Wildman–Crippen MR) is 106 cm³/mol. The van der Waals surface area contributed by atoms with E-state index in [9.17, 15) is 9.59 Å². The first-order valence-electron chi connectivity index (χ1n) is 10.1. The van der Waals surface area contributed by atoms with Crippen LogP contribution in [0, 0.1) is 11.8 Å². The molecule has 1 saturated carbocycles. The Morgan fingerprint density at radius 1 is 1.31 bits per heavy atom. The van der Waals surface area contributed by atoms with Crippen molar-refractivity contribution in [3.05, 3.63) is 12.2 Å². The number of hydrogen-bond donors (Lipinski definition) is 0. The Morgan fingerprint density at radius 2 is 2.00 bits per heavy atom. The van der Waals surface area contributed by atoms with Crippen molar-refractivity contribution in [2.24, 2.45) is 11.8 Å². The monoisotopic (exact) mass is 380 g/mol. The van der Waals surface area contributed by atoms with Crippen molar-refractivity contribution in [1.82, 2.24) is 0 Å². The zero-order valence-corrected chi connectivity index (χ0v) is 18.3. The summed E-state index contributed by atoms with van der Waals surface area (Å²) in [5, 5.41) is 0.131. The number of ether oxygens (including phenoxy) is 1. The maximum atomic E-state index is 12.2. The number of rotatable bonds is 8. The Balaban J connectivity index is 2.09. The van der Waals surface area contributed by atoms with Crippen LogP contribution in [0.3, 0.4) is 0 Å². The molecule has 2 rings (SSSR count). The smallest absolute Gasteiger partial charge is 0.306 e. The summed E-state index contributed by atoms with van der Waals surface area (Å²) in [6, 6.07) is 0. The molecule has 4 nitrogen and oxygen atoms in total. The van der Waals surface area contributed by atoms with Crippen molar-refractivity contribution in [2.45, 2.75) is 96.6 Å². The van der Waals surface area contributed by atoms with E-state index in [0.717, 1.165) is 25.7 Å². The van der Waals surface area contributed by atoms with E-state index >= 15 is 0 Å². The third kappa shape index (κ3) is 5.07. The van der Waals surface area contributed by atoms with E-state index in [0.29, 0.717) is 12.8 Å². The van der Waals surface area contributed by atoms with Gasteiger partial charge in [0.05, 0.1) is 12.5 Å². The summed E-state index contributed by atoms with van der Waals surface area (Å²) in [5.41, 5.74) is 0. The van der Waals surface area contributed by atoms with Crippen LogP contribution in [0.2, 0.25) is 18.1 Å². The number of fused-ring (bicyclic) bond motifs is 1. The maximum Gasteiger partial charge on any atom is 0.306 e. The van der Waals surface area contributed by atoms with Gasteiger partial charge in [0.25, 0.3) is 0 Å². The molecule has 1 heterocycles. The second kappa shape index (κ2) is 8.38. The van der Waals surface area contributed by atoms with Crippen molar-refractivity contribution in [1.29, 1.82) is 0 Å². The summed E-state index contributed by atoms with van der Waals surface area (Å²) in [6.45, 7) is 13.3. The van der Waals surface area contributed by atoms with Crippen molar-refractivity contribution < 1.29 is 18.8 Å². The van der Waals surface area contributed by atoms with Crippen LogP contribution in [0.15, 0.2) is 12.2 Å². The first kappa shape index (κ1) is 21.4. The average Bonchev–Trinajstić information content (AvgIpc) is 2.99. The van der Waals surface area contributed by atoms with E-state index in [2.05, 4.69) is 40.8 Å². The van der Waals surface area contributed by atoms with Crippen molar-refractivity contribution >= 4 is 20.1 Å². The number of carbonyl (C=O) groups excluding carboxylic acids is 2. The number of carbonyl (C=O) groups is 2. The lowest BCUT2D eigenvalue weighted by atomic mass is 9.91. The molecule has 0 bridgehead atoms. The lowest BCUT2D eigenvalue weighted by Gasteiger charge is -2.39.